The molecule has 0 spiro atoms. The van der Waals surface area contributed by atoms with Crippen LogP contribution >= 0.6 is 0 Å². The van der Waals surface area contributed by atoms with Crippen molar-refractivity contribution in [2.24, 2.45) is 0 Å². The van der Waals surface area contributed by atoms with Gasteiger partial charge in [-0.15, -0.1) is 0 Å². The van der Waals surface area contributed by atoms with Crippen LogP contribution in [0.2, 0.25) is 0 Å². The second-order valence-corrected chi connectivity index (χ2v) is 21.8. The predicted octanol–water partition coefficient (Wildman–Crippen LogP) is 19.5. The van der Waals surface area contributed by atoms with Gasteiger partial charge in [0.15, 0.2) is 0 Å². The quantitative estimate of drug-likeness (QED) is 0.0417. The summed E-state index contributed by atoms with van der Waals surface area (Å²) >= 11 is 0. The maximum atomic E-state index is 12.5. The number of hydrogen-bond acceptors (Lipinski definition) is 5. The Kier molecular flexibility index (Phi) is 57.5. The molecule has 406 valence electrons. The largest absolute Gasteiger partial charge is 0.466 e. The molecule has 0 saturated carbocycles. The molecular formula is C62H123NO5. The first-order valence-corrected chi connectivity index (χ1v) is 31.3. The van der Waals surface area contributed by atoms with Gasteiger partial charge in [-0.25, -0.2) is 0 Å². The zero-order valence-electron chi connectivity index (χ0n) is 46.4. The smallest absolute Gasteiger partial charge is 0.305 e. The van der Waals surface area contributed by atoms with E-state index in [-0.39, 0.29) is 18.5 Å². The minimum absolute atomic E-state index is 0.0156. The summed E-state index contributed by atoms with van der Waals surface area (Å²) < 4.78 is 5.50. The van der Waals surface area contributed by atoms with Crippen molar-refractivity contribution >= 4 is 11.9 Å². The fourth-order valence-corrected chi connectivity index (χ4v) is 10.1. The molecule has 6 heteroatoms. The summed E-state index contributed by atoms with van der Waals surface area (Å²) in [5.41, 5.74) is 0. The first-order chi connectivity index (χ1) is 33.5. The molecular weight excluding hydrogens is 839 g/mol. The van der Waals surface area contributed by atoms with E-state index in [1.54, 1.807) is 0 Å². The van der Waals surface area contributed by atoms with Gasteiger partial charge in [0.05, 0.1) is 25.4 Å². The molecule has 0 aliphatic heterocycles. The van der Waals surface area contributed by atoms with E-state index in [1.165, 1.54) is 289 Å². The molecule has 0 aliphatic carbocycles. The molecule has 68 heavy (non-hydrogen) atoms. The van der Waals surface area contributed by atoms with E-state index in [4.69, 9.17) is 4.74 Å². The lowest BCUT2D eigenvalue weighted by Crippen LogP contribution is -2.45. The van der Waals surface area contributed by atoms with Gasteiger partial charge >= 0.3 is 5.97 Å². The molecule has 0 radical (unpaired) electrons. The van der Waals surface area contributed by atoms with Crippen LogP contribution in [0.4, 0.5) is 0 Å². The number of nitrogens with one attached hydrogen (secondary N) is 1. The molecule has 0 aromatic carbocycles. The van der Waals surface area contributed by atoms with E-state index in [2.05, 4.69) is 19.2 Å². The zero-order valence-corrected chi connectivity index (χ0v) is 46.4. The summed E-state index contributed by atoms with van der Waals surface area (Å²) in [5, 5.41) is 23.3. The monoisotopic (exact) mass is 962 g/mol. The van der Waals surface area contributed by atoms with E-state index < -0.39 is 12.1 Å². The van der Waals surface area contributed by atoms with Gasteiger partial charge in [-0.2, -0.15) is 0 Å². The van der Waals surface area contributed by atoms with Gasteiger partial charge in [0.25, 0.3) is 0 Å². The zero-order chi connectivity index (χ0) is 49.3. The van der Waals surface area contributed by atoms with Crippen molar-refractivity contribution < 1.29 is 24.5 Å². The number of carbonyl (C=O) groups excluding carboxylic acids is 2. The van der Waals surface area contributed by atoms with Gasteiger partial charge in [-0.3, -0.25) is 9.59 Å². The second kappa shape index (κ2) is 58.4. The van der Waals surface area contributed by atoms with Gasteiger partial charge in [0.2, 0.25) is 5.91 Å². The van der Waals surface area contributed by atoms with Crippen molar-refractivity contribution in [2.45, 2.75) is 373 Å². The van der Waals surface area contributed by atoms with Crippen molar-refractivity contribution in [3.63, 3.8) is 0 Å². The van der Waals surface area contributed by atoms with Crippen molar-refractivity contribution in [2.75, 3.05) is 13.2 Å². The van der Waals surface area contributed by atoms with Gasteiger partial charge in [0.1, 0.15) is 0 Å². The number of aliphatic hydroxyl groups excluding tert-OH is 2. The number of amides is 1. The number of hydrogen-bond donors (Lipinski definition) is 3. The minimum Gasteiger partial charge on any atom is -0.466 e. The van der Waals surface area contributed by atoms with Crippen LogP contribution in [0.25, 0.3) is 0 Å². The number of unbranched alkanes of at least 4 members (excludes halogenated alkanes) is 48. The predicted molar refractivity (Wildman–Crippen MR) is 297 cm³/mol. The average molecular weight is 963 g/mol. The molecule has 0 aromatic rings. The van der Waals surface area contributed by atoms with E-state index >= 15 is 0 Å². The SMILES string of the molecule is CCCCCCCCCCCCCCCCCCCC(=O)OCCCCCCCCCCCCCCCCCCCCCCC(=O)NC(CO)C(O)CCCCCCCCCCCCCCCC. The third-order valence-electron chi connectivity index (χ3n) is 14.9. The molecule has 0 bridgehead atoms. The summed E-state index contributed by atoms with van der Waals surface area (Å²) in [7, 11) is 0. The summed E-state index contributed by atoms with van der Waals surface area (Å²) in [6.45, 7) is 4.98. The van der Waals surface area contributed by atoms with Crippen LogP contribution < -0.4 is 5.32 Å². The number of ether oxygens (including phenoxy) is 1. The fraction of sp³-hybridized carbons (Fsp3) is 0.968. The van der Waals surface area contributed by atoms with Crippen molar-refractivity contribution in [3.8, 4) is 0 Å². The summed E-state index contributed by atoms with van der Waals surface area (Å²) in [5.74, 6) is -0.0184. The van der Waals surface area contributed by atoms with E-state index in [0.717, 1.165) is 38.5 Å². The van der Waals surface area contributed by atoms with Crippen molar-refractivity contribution in [3.05, 3.63) is 0 Å². The Bertz CT molecular complexity index is 975. The van der Waals surface area contributed by atoms with Crippen LogP contribution in [0.1, 0.15) is 361 Å². The van der Waals surface area contributed by atoms with Gasteiger partial charge in [-0.05, 0) is 25.7 Å². The van der Waals surface area contributed by atoms with Crippen LogP contribution in [0.3, 0.4) is 0 Å². The molecule has 0 saturated heterocycles. The third kappa shape index (κ3) is 54.2. The molecule has 1 amide bonds. The molecule has 0 aromatic heterocycles. The van der Waals surface area contributed by atoms with Crippen LogP contribution in [0.5, 0.6) is 0 Å². The Balaban J connectivity index is 3.35. The molecule has 0 aliphatic rings. The first-order valence-electron chi connectivity index (χ1n) is 31.3. The molecule has 2 atom stereocenters. The fourth-order valence-electron chi connectivity index (χ4n) is 10.1. The molecule has 3 N–H and O–H groups in total. The highest BCUT2D eigenvalue weighted by Gasteiger charge is 2.20. The highest BCUT2D eigenvalue weighted by molar-refractivity contribution is 5.76. The normalized spacial score (nSPS) is 12.5. The number of rotatable bonds is 59. The lowest BCUT2D eigenvalue weighted by atomic mass is 10.0. The molecule has 0 fully saturated rings. The van der Waals surface area contributed by atoms with Crippen LogP contribution in [0, 0.1) is 0 Å². The minimum atomic E-state index is -0.664. The first kappa shape index (κ1) is 66.9. The average Bonchev–Trinajstić information content (AvgIpc) is 3.34. The summed E-state index contributed by atoms with van der Waals surface area (Å²) in [6.07, 6.45) is 68.2. The second-order valence-electron chi connectivity index (χ2n) is 21.8. The lowest BCUT2D eigenvalue weighted by molar-refractivity contribution is -0.143. The third-order valence-corrected chi connectivity index (χ3v) is 14.9. The standard InChI is InChI=1S/C62H123NO5/c1-3-5-7-9-11-13-15-17-19-24-28-32-36-40-44-48-52-56-62(67)68-57-53-49-45-41-37-33-29-26-23-21-20-22-25-27-31-35-39-43-47-51-55-61(66)63-59(58-64)60(65)54-50-46-42-38-34-30-18-16-14-12-10-8-6-4-2/h59-60,64-65H,3-58H2,1-2H3,(H,63,66). The van der Waals surface area contributed by atoms with Gasteiger partial charge in [0, 0.05) is 12.8 Å². The molecule has 2 unspecified atom stereocenters. The number of aliphatic hydroxyl groups is 2. The van der Waals surface area contributed by atoms with Gasteiger partial charge in [-0.1, -0.05) is 322 Å². The van der Waals surface area contributed by atoms with Gasteiger partial charge < -0.3 is 20.3 Å². The molecule has 0 rings (SSSR count). The Morgan fingerprint density at radius 1 is 0.353 bits per heavy atom. The van der Waals surface area contributed by atoms with Crippen molar-refractivity contribution in [1.29, 1.82) is 0 Å². The van der Waals surface area contributed by atoms with Crippen molar-refractivity contribution in [1.82, 2.24) is 5.32 Å². The lowest BCUT2D eigenvalue weighted by Gasteiger charge is -2.22. The van der Waals surface area contributed by atoms with Crippen LogP contribution in [-0.4, -0.2) is 47.4 Å². The highest BCUT2D eigenvalue weighted by atomic mass is 16.5. The van der Waals surface area contributed by atoms with Crippen LogP contribution in [-0.2, 0) is 14.3 Å². The Hall–Kier alpha value is -1.14. The summed E-state index contributed by atoms with van der Waals surface area (Å²) in [4.78, 5) is 24.6. The number of esters is 1. The molecule has 6 nitrogen and oxygen atoms in total. The topological polar surface area (TPSA) is 95.9 Å². The maximum absolute atomic E-state index is 12.5. The van der Waals surface area contributed by atoms with E-state index in [9.17, 15) is 19.8 Å². The summed E-state index contributed by atoms with van der Waals surface area (Å²) in [6, 6.07) is -0.541. The Morgan fingerprint density at radius 2 is 0.603 bits per heavy atom. The number of carbonyl (C=O) groups is 2. The van der Waals surface area contributed by atoms with Crippen LogP contribution in [0.15, 0.2) is 0 Å². The Morgan fingerprint density at radius 3 is 0.897 bits per heavy atom. The highest BCUT2D eigenvalue weighted by Crippen LogP contribution is 2.19. The van der Waals surface area contributed by atoms with E-state index in [1.807, 2.05) is 0 Å². The molecule has 0 heterocycles. The van der Waals surface area contributed by atoms with E-state index in [0.29, 0.717) is 25.9 Å². The Labute approximate surface area is 426 Å². The maximum Gasteiger partial charge on any atom is 0.305 e.